The van der Waals surface area contributed by atoms with Crippen LogP contribution in [0.4, 0.5) is 0 Å². The summed E-state index contributed by atoms with van der Waals surface area (Å²) in [6, 6.07) is 13.3. The SMILES string of the molecule is CC(C)(C(=O)N1CCOC(c2ccccc2Cl)C1)c1ccccn1. The second kappa shape index (κ2) is 6.91. The van der Waals surface area contributed by atoms with E-state index in [4.69, 9.17) is 16.3 Å². The number of aromatic nitrogens is 1. The standard InChI is InChI=1S/C19H21ClN2O2/c1-19(2,17-9-5-6-10-21-17)18(23)22-11-12-24-16(13-22)14-7-3-4-8-15(14)20/h3-10,16H,11-13H2,1-2H3. The van der Waals surface area contributed by atoms with Crippen LogP contribution in [-0.4, -0.2) is 35.5 Å². The number of amides is 1. The molecule has 1 atom stereocenters. The zero-order chi connectivity index (χ0) is 17.2. The van der Waals surface area contributed by atoms with Crippen LogP contribution < -0.4 is 0 Å². The van der Waals surface area contributed by atoms with Gasteiger partial charge in [-0.05, 0) is 32.0 Å². The van der Waals surface area contributed by atoms with Gasteiger partial charge in [-0.25, -0.2) is 0 Å². The number of benzene rings is 1. The maximum Gasteiger partial charge on any atom is 0.234 e. The van der Waals surface area contributed by atoms with Gasteiger partial charge in [0.2, 0.25) is 5.91 Å². The van der Waals surface area contributed by atoms with Gasteiger partial charge in [-0.2, -0.15) is 0 Å². The number of morpholine rings is 1. The van der Waals surface area contributed by atoms with Crippen molar-refractivity contribution in [2.45, 2.75) is 25.4 Å². The molecule has 1 aliphatic rings. The average molecular weight is 345 g/mol. The fourth-order valence-electron chi connectivity index (χ4n) is 3.00. The fourth-order valence-corrected chi connectivity index (χ4v) is 3.25. The molecular formula is C19H21ClN2O2. The predicted octanol–water partition coefficient (Wildman–Crippen LogP) is 3.61. The van der Waals surface area contributed by atoms with E-state index < -0.39 is 5.41 Å². The van der Waals surface area contributed by atoms with Gasteiger partial charge in [-0.1, -0.05) is 35.9 Å². The van der Waals surface area contributed by atoms with E-state index >= 15 is 0 Å². The largest absolute Gasteiger partial charge is 0.370 e. The minimum Gasteiger partial charge on any atom is -0.370 e. The normalized spacial score (nSPS) is 18.5. The molecule has 3 rings (SSSR count). The minimum absolute atomic E-state index is 0.0570. The number of hydrogen-bond donors (Lipinski definition) is 0. The monoisotopic (exact) mass is 344 g/mol. The molecule has 126 valence electrons. The van der Waals surface area contributed by atoms with Crippen LogP contribution in [0.2, 0.25) is 5.02 Å². The summed E-state index contributed by atoms with van der Waals surface area (Å²) in [5, 5.41) is 0.667. The van der Waals surface area contributed by atoms with Gasteiger partial charge in [0.15, 0.2) is 0 Å². The van der Waals surface area contributed by atoms with Gasteiger partial charge in [-0.15, -0.1) is 0 Å². The predicted molar refractivity (Wildman–Crippen MR) is 94.0 cm³/mol. The van der Waals surface area contributed by atoms with Crippen LogP contribution in [0, 0.1) is 0 Å². The van der Waals surface area contributed by atoms with E-state index in [0.29, 0.717) is 24.7 Å². The van der Waals surface area contributed by atoms with E-state index in [1.165, 1.54) is 0 Å². The van der Waals surface area contributed by atoms with Crippen LogP contribution in [0.25, 0.3) is 0 Å². The Labute approximate surface area is 147 Å². The van der Waals surface area contributed by atoms with Crippen molar-refractivity contribution >= 4 is 17.5 Å². The van der Waals surface area contributed by atoms with Crippen LogP contribution in [0.15, 0.2) is 48.7 Å². The van der Waals surface area contributed by atoms with Crippen LogP contribution >= 0.6 is 11.6 Å². The van der Waals surface area contributed by atoms with E-state index in [1.807, 2.05) is 61.2 Å². The summed E-state index contributed by atoms with van der Waals surface area (Å²) in [6.07, 6.45) is 1.52. The smallest absolute Gasteiger partial charge is 0.234 e. The number of pyridine rings is 1. The van der Waals surface area contributed by atoms with Gasteiger partial charge in [0.05, 0.1) is 24.3 Å². The molecule has 0 bridgehead atoms. The molecule has 0 N–H and O–H groups in total. The fraction of sp³-hybridized carbons (Fsp3) is 0.368. The van der Waals surface area contributed by atoms with Crippen molar-refractivity contribution in [1.82, 2.24) is 9.88 Å². The summed E-state index contributed by atoms with van der Waals surface area (Å²) in [4.78, 5) is 19.3. The van der Waals surface area contributed by atoms with Gasteiger partial charge >= 0.3 is 0 Å². The van der Waals surface area contributed by atoms with Crippen molar-refractivity contribution < 1.29 is 9.53 Å². The topological polar surface area (TPSA) is 42.4 Å². The summed E-state index contributed by atoms with van der Waals surface area (Å²) in [7, 11) is 0. The Bertz CT molecular complexity index is 718. The Hall–Kier alpha value is -1.91. The molecule has 5 heteroatoms. The number of halogens is 1. The number of ether oxygens (including phenoxy) is 1. The highest BCUT2D eigenvalue weighted by molar-refractivity contribution is 6.31. The van der Waals surface area contributed by atoms with Gasteiger partial charge in [0.25, 0.3) is 0 Å². The number of hydrogen-bond acceptors (Lipinski definition) is 3. The van der Waals surface area contributed by atoms with Crippen LogP contribution in [0.3, 0.4) is 0 Å². The van der Waals surface area contributed by atoms with Crippen molar-refractivity contribution in [3.05, 3.63) is 64.9 Å². The molecule has 24 heavy (non-hydrogen) atoms. The van der Waals surface area contributed by atoms with Gasteiger partial charge in [0, 0.05) is 23.3 Å². The first-order valence-corrected chi connectivity index (χ1v) is 8.45. The Morgan fingerprint density at radius 1 is 1.25 bits per heavy atom. The van der Waals surface area contributed by atoms with Crippen molar-refractivity contribution in [1.29, 1.82) is 0 Å². The van der Waals surface area contributed by atoms with Crippen molar-refractivity contribution in [2.75, 3.05) is 19.7 Å². The quantitative estimate of drug-likeness (QED) is 0.854. The molecule has 1 aromatic heterocycles. The summed E-state index contributed by atoms with van der Waals surface area (Å²) in [5.41, 5.74) is 1.02. The molecule has 0 radical (unpaired) electrons. The summed E-state index contributed by atoms with van der Waals surface area (Å²) in [5.74, 6) is 0.0570. The van der Waals surface area contributed by atoms with E-state index in [-0.39, 0.29) is 12.0 Å². The first-order chi connectivity index (χ1) is 11.5. The highest BCUT2D eigenvalue weighted by atomic mass is 35.5. The Morgan fingerprint density at radius 3 is 2.71 bits per heavy atom. The Balaban J connectivity index is 1.80. The average Bonchev–Trinajstić information content (AvgIpc) is 2.62. The zero-order valence-electron chi connectivity index (χ0n) is 13.9. The lowest BCUT2D eigenvalue weighted by Gasteiger charge is -2.37. The summed E-state index contributed by atoms with van der Waals surface area (Å²) in [6.45, 7) is 5.41. The van der Waals surface area contributed by atoms with Gasteiger partial charge < -0.3 is 9.64 Å². The maximum atomic E-state index is 13.1. The molecule has 2 heterocycles. The molecule has 0 aliphatic carbocycles. The van der Waals surface area contributed by atoms with Crippen molar-refractivity contribution in [3.63, 3.8) is 0 Å². The highest BCUT2D eigenvalue weighted by Gasteiger charge is 2.37. The third kappa shape index (κ3) is 3.30. The lowest BCUT2D eigenvalue weighted by molar-refractivity contribution is -0.144. The van der Waals surface area contributed by atoms with Crippen molar-refractivity contribution in [3.8, 4) is 0 Å². The lowest BCUT2D eigenvalue weighted by Crippen LogP contribution is -2.49. The third-order valence-electron chi connectivity index (χ3n) is 4.45. The molecule has 1 fully saturated rings. The Morgan fingerprint density at radius 2 is 2.00 bits per heavy atom. The van der Waals surface area contributed by atoms with Crippen LogP contribution in [0.5, 0.6) is 0 Å². The third-order valence-corrected chi connectivity index (χ3v) is 4.79. The van der Waals surface area contributed by atoms with E-state index in [0.717, 1.165) is 11.3 Å². The molecule has 1 saturated heterocycles. The summed E-state index contributed by atoms with van der Waals surface area (Å²) < 4.78 is 5.85. The molecular weight excluding hydrogens is 324 g/mol. The molecule has 1 aliphatic heterocycles. The van der Waals surface area contributed by atoms with Gasteiger partial charge in [0.1, 0.15) is 6.10 Å². The van der Waals surface area contributed by atoms with E-state index in [1.54, 1.807) is 6.20 Å². The van der Waals surface area contributed by atoms with Crippen molar-refractivity contribution in [2.24, 2.45) is 0 Å². The van der Waals surface area contributed by atoms with E-state index in [9.17, 15) is 4.79 Å². The summed E-state index contributed by atoms with van der Waals surface area (Å²) >= 11 is 6.28. The number of carbonyl (C=O) groups is 1. The minimum atomic E-state index is -0.677. The zero-order valence-corrected chi connectivity index (χ0v) is 14.7. The number of carbonyl (C=O) groups excluding carboxylic acids is 1. The highest BCUT2D eigenvalue weighted by Crippen LogP contribution is 2.31. The number of rotatable bonds is 3. The second-order valence-electron chi connectivity index (χ2n) is 6.47. The first-order valence-electron chi connectivity index (χ1n) is 8.07. The van der Waals surface area contributed by atoms with Crippen LogP contribution in [-0.2, 0) is 14.9 Å². The Kier molecular flexibility index (Phi) is 4.88. The molecule has 0 spiro atoms. The second-order valence-corrected chi connectivity index (χ2v) is 6.88. The van der Waals surface area contributed by atoms with Gasteiger partial charge in [-0.3, -0.25) is 9.78 Å². The number of nitrogens with zero attached hydrogens (tertiary/aromatic N) is 2. The maximum absolute atomic E-state index is 13.1. The van der Waals surface area contributed by atoms with E-state index in [2.05, 4.69) is 4.98 Å². The molecule has 2 aromatic rings. The van der Waals surface area contributed by atoms with Crippen LogP contribution in [0.1, 0.15) is 31.2 Å². The molecule has 0 saturated carbocycles. The molecule has 4 nitrogen and oxygen atoms in total. The lowest BCUT2D eigenvalue weighted by atomic mass is 9.86. The molecule has 1 amide bonds. The molecule has 1 aromatic carbocycles. The molecule has 1 unspecified atom stereocenters. The first kappa shape index (κ1) is 16.9.